The van der Waals surface area contributed by atoms with Crippen molar-refractivity contribution in [3.05, 3.63) is 52.0 Å². The lowest BCUT2D eigenvalue weighted by Crippen LogP contribution is -2.24. The van der Waals surface area contributed by atoms with E-state index in [-0.39, 0.29) is 11.4 Å². The maximum absolute atomic E-state index is 12.9. The summed E-state index contributed by atoms with van der Waals surface area (Å²) < 4.78 is 39.7. The van der Waals surface area contributed by atoms with E-state index >= 15 is 0 Å². The molecule has 0 spiro atoms. The average molecular weight is 366 g/mol. The van der Waals surface area contributed by atoms with Gasteiger partial charge in [0.1, 0.15) is 16.4 Å². The number of hydrogen-bond acceptors (Lipinski definition) is 4. The molecule has 0 radical (unpaired) electrons. The van der Waals surface area contributed by atoms with Crippen LogP contribution in [0.25, 0.3) is 0 Å². The molecule has 4 rings (SSSR count). The molecule has 7 heteroatoms. The quantitative estimate of drug-likeness (QED) is 0.904. The third kappa shape index (κ3) is 2.75. The highest BCUT2D eigenvalue weighted by molar-refractivity contribution is 7.89. The molecule has 2 aliphatic heterocycles. The number of nitrogens with one attached hydrogen (secondary N) is 1. The second-order valence-corrected chi connectivity index (χ2v) is 7.96. The Balaban J connectivity index is 1.68. The van der Waals surface area contributed by atoms with Gasteiger partial charge in [-0.15, -0.1) is 0 Å². The van der Waals surface area contributed by atoms with E-state index in [0.29, 0.717) is 48.1 Å². The molecule has 0 atom stereocenters. The van der Waals surface area contributed by atoms with Crippen LogP contribution < -0.4 is 14.2 Å². The third-order valence-corrected chi connectivity index (χ3v) is 6.00. The van der Waals surface area contributed by atoms with E-state index < -0.39 is 10.0 Å². The summed E-state index contributed by atoms with van der Waals surface area (Å²) in [4.78, 5) is 0.235. The molecule has 0 bridgehead atoms. The fourth-order valence-electron chi connectivity index (χ4n) is 3.08. The van der Waals surface area contributed by atoms with Crippen molar-refractivity contribution >= 4 is 21.6 Å². The van der Waals surface area contributed by atoms with E-state index in [1.54, 1.807) is 24.3 Å². The average Bonchev–Trinajstić information content (AvgIpc) is 3.20. The molecule has 24 heavy (non-hydrogen) atoms. The van der Waals surface area contributed by atoms with E-state index in [1.807, 2.05) is 6.07 Å². The second-order valence-electron chi connectivity index (χ2n) is 5.82. The molecule has 0 aromatic heterocycles. The predicted molar refractivity (Wildman–Crippen MR) is 90.3 cm³/mol. The highest BCUT2D eigenvalue weighted by Crippen LogP contribution is 2.43. The molecule has 0 unspecified atom stereocenters. The Bertz CT molecular complexity index is 862. The largest absolute Gasteiger partial charge is 0.493 e. The van der Waals surface area contributed by atoms with Crippen molar-refractivity contribution in [3.63, 3.8) is 0 Å². The molecule has 2 heterocycles. The van der Waals surface area contributed by atoms with Gasteiger partial charge < -0.3 is 9.47 Å². The van der Waals surface area contributed by atoms with Gasteiger partial charge in [0, 0.05) is 35.5 Å². The lowest BCUT2D eigenvalue weighted by molar-refractivity contribution is 0.347. The number of hydrogen-bond donors (Lipinski definition) is 1. The molecule has 0 saturated carbocycles. The Morgan fingerprint density at radius 1 is 1.08 bits per heavy atom. The minimum atomic E-state index is -3.71. The van der Waals surface area contributed by atoms with Crippen LogP contribution in [0.5, 0.6) is 11.5 Å². The van der Waals surface area contributed by atoms with Crippen LogP contribution in [0, 0.1) is 0 Å². The Labute approximate surface area is 145 Å². The molecule has 0 amide bonds. The molecule has 2 aromatic carbocycles. The predicted octanol–water partition coefficient (Wildman–Crippen LogP) is 2.69. The van der Waals surface area contributed by atoms with Crippen LogP contribution in [0.15, 0.2) is 35.2 Å². The third-order valence-electron chi connectivity index (χ3n) is 4.25. The molecule has 1 N–H and O–H groups in total. The molecular formula is C17H16ClNO4S. The van der Waals surface area contributed by atoms with E-state index in [9.17, 15) is 8.42 Å². The molecule has 5 nitrogen and oxygen atoms in total. The van der Waals surface area contributed by atoms with Crippen molar-refractivity contribution in [2.75, 3.05) is 13.2 Å². The Morgan fingerprint density at radius 2 is 1.83 bits per heavy atom. The van der Waals surface area contributed by atoms with Gasteiger partial charge in [-0.1, -0.05) is 23.7 Å². The van der Waals surface area contributed by atoms with Gasteiger partial charge in [-0.3, -0.25) is 0 Å². The van der Waals surface area contributed by atoms with Gasteiger partial charge in [0.2, 0.25) is 10.0 Å². The van der Waals surface area contributed by atoms with Crippen LogP contribution >= 0.6 is 11.6 Å². The standard InChI is InChI=1S/C17H16ClNO4S/c18-13-3-1-11(2-4-13)10-19-24(20,21)17-14-6-8-22-15(14)9-12-5-7-23-16(12)17/h1-4,9,19H,5-8,10H2. The fourth-order valence-corrected chi connectivity index (χ4v) is 4.67. The first-order valence-electron chi connectivity index (χ1n) is 7.73. The minimum absolute atomic E-state index is 0.193. The first kappa shape index (κ1) is 15.7. The van der Waals surface area contributed by atoms with Crippen LogP contribution in [-0.4, -0.2) is 21.6 Å². The maximum atomic E-state index is 12.9. The first-order valence-corrected chi connectivity index (χ1v) is 9.59. The SMILES string of the molecule is O=S(=O)(NCc1ccc(Cl)cc1)c1c2c(cc3c1OCC3)OCC2. The number of benzene rings is 2. The van der Waals surface area contributed by atoms with Crippen LogP contribution in [0.4, 0.5) is 0 Å². The normalized spacial score (nSPS) is 15.5. The monoisotopic (exact) mass is 365 g/mol. The number of sulfonamides is 1. The van der Waals surface area contributed by atoms with E-state index in [0.717, 1.165) is 11.1 Å². The Morgan fingerprint density at radius 3 is 2.62 bits per heavy atom. The van der Waals surface area contributed by atoms with Crippen molar-refractivity contribution in [2.24, 2.45) is 0 Å². The van der Waals surface area contributed by atoms with Crippen LogP contribution in [0.3, 0.4) is 0 Å². The zero-order valence-corrected chi connectivity index (χ0v) is 14.4. The van der Waals surface area contributed by atoms with Crippen LogP contribution in [-0.2, 0) is 29.4 Å². The summed E-state index contributed by atoms with van der Waals surface area (Å²) in [5.74, 6) is 1.13. The topological polar surface area (TPSA) is 64.6 Å². The number of fused-ring (bicyclic) bond motifs is 2. The summed E-state index contributed by atoms with van der Waals surface area (Å²) in [5, 5.41) is 0.617. The lowest BCUT2D eigenvalue weighted by Gasteiger charge is -2.14. The second kappa shape index (κ2) is 5.95. The van der Waals surface area contributed by atoms with E-state index in [1.165, 1.54) is 0 Å². The summed E-state index contributed by atoms with van der Waals surface area (Å²) in [6.45, 7) is 1.19. The molecule has 0 aliphatic carbocycles. The molecule has 0 saturated heterocycles. The summed E-state index contributed by atoms with van der Waals surface area (Å²) in [6, 6.07) is 8.97. The van der Waals surface area contributed by atoms with Crippen molar-refractivity contribution in [3.8, 4) is 11.5 Å². The number of rotatable bonds is 4. The Hall–Kier alpha value is -1.76. The van der Waals surface area contributed by atoms with Gasteiger partial charge in [0.05, 0.1) is 13.2 Å². The van der Waals surface area contributed by atoms with Crippen molar-refractivity contribution < 1.29 is 17.9 Å². The van der Waals surface area contributed by atoms with Crippen molar-refractivity contribution in [2.45, 2.75) is 24.3 Å². The smallest absolute Gasteiger partial charge is 0.244 e. The molecule has 126 valence electrons. The Kier molecular flexibility index (Phi) is 3.90. The number of halogens is 1. The van der Waals surface area contributed by atoms with E-state index in [4.69, 9.17) is 21.1 Å². The molecular weight excluding hydrogens is 350 g/mol. The van der Waals surface area contributed by atoms with Gasteiger partial charge in [-0.05, 0) is 23.8 Å². The molecule has 2 aliphatic rings. The van der Waals surface area contributed by atoms with Crippen LogP contribution in [0.1, 0.15) is 16.7 Å². The van der Waals surface area contributed by atoms with E-state index in [2.05, 4.69) is 4.72 Å². The van der Waals surface area contributed by atoms with Crippen LogP contribution in [0.2, 0.25) is 5.02 Å². The highest BCUT2D eigenvalue weighted by Gasteiger charge is 2.33. The lowest BCUT2D eigenvalue weighted by atomic mass is 10.1. The summed E-state index contributed by atoms with van der Waals surface area (Å²) in [5.41, 5.74) is 2.44. The van der Waals surface area contributed by atoms with Gasteiger partial charge in [-0.2, -0.15) is 0 Å². The molecule has 0 fully saturated rings. The first-order chi connectivity index (χ1) is 11.5. The summed E-state index contributed by atoms with van der Waals surface area (Å²) in [7, 11) is -3.71. The summed E-state index contributed by atoms with van der Waals surface area (Å²) in [6.07, 6.45) is 1.27. The van der Waals surface area contributed by atoms with Gasteiger partial charge in [0.15, 0.2) is 0 Å². The zero-order chi connectivity index (χ0) is 16.7. The minimum Gasteiger partial charge on any atom is -0.493 e. The maximum Gasteiger partial charge on any atom is 0.244 e. The van der Waals surface area contributed by atoms with Gasteiger partial charge in [0.25, 0.3) is 0 Å². The number of ether oxygens (including phenoxy) is 2. The zero-order valence-electron chi connectivity index (χ0n) is 12.8. The summed E-state index contributed by atoms with van der Waals surface area (Å²) >= 11 is 5.86. The van der Waals surface area contributed by atoms with Crippen molar-refractivity contribution in [1.29, 1.82) is 0 Å². The van der Waals surface area contributed by atoms with Crippen molar-refractivity contribution in [1.82, 2.24) is 4.72 Å². The molecule has 2 aromatic rings. The highest BCUT2D eigenvalue weighted by atomic mass is 35.5. The fraction of sp³-hybridized carbons (Fsp3) is 0.294. The van der Waals surface area contributed by atoms with Gasteiger partial charge >= 0.3 is 0 Å². The van der Waals surface area contributed by atoms with Gasteiger partial charge in [-0.25, -0.2) is 13.1 Å².